The van der Waals surface area contributed by atoms with Gasteiger partial charge >= 0.3 is 0 Å². The lowest BCUT2D eigenvalue weighted by Gasteiger charge is -2.28. The van der Waals surface area contributed by atoms with E-state index in [1.807, 2.05) is 23.1 Å². The minimum atomic E-state index is -0.00662. The number of benzene rings is 1. The van der Waals surface area contributed by atoms with Gasteiger partial charge in [0.15, 0.2) is 0 Å². The molecule has 0 unspecified atom stereocenters. The van der Waals surface area contributed by atoms with E-state index in [9.17, 15) is 9.59 Å². The van der Waals surface area contributed by atoms with Crippen molar-refractivity contribution in [1.82, 2.24) is 14.4 Å². The largest absolute Gasteiger partial charge is 0.383 e. The average Bonchev–Trinajstić information content (AvgIpc) is 3.29. The highest BCUT2D eigenvalue weighted by Crippen LogP contribution is 2.15. The lowest BCUT2D eigenvalue weighted by molar-refractivity contribution is -0.141. The topological polar surface area (TPSA) is 54.8 Å². The molecule has 1 aromatic heterocycles. The van der Waals surface area contributed by atoms with Gasteiger partial charge in [0.2, 0.25) is 11.8 Å². The van der Waals surface area contributed by atoms with E-state index < -0.39 is 0 Å². The minimum Gasteiger partial charge on any atom is -0.383 e. The molecule has 0 spiro atoms. The van der Waals surface area contributed by atoms with Gasteiger partial charge in [0.05, 0.1) is 19.7 Å². The molecule has 0 radical (unpaired) electrons. The van der Waals surface area contributed by atoms with E-state index in [2.05, 4.69) is 58.7 Å². The monoisotopic (exact) mass is 547 g/mol. The first-order chi connectivity index (χ1) is 17.0. The molecule has 0 bridgehead atoms. The number of aromatic nitrogens is 1. The highest BCUT2D eigenvalue weighted by Gasteiger charge is 2.22. The van der Waals surface area contributed by atoms with Crippen molar-refractivity contribution in [3.8, 4) is 0 Å². The molecule has 0 saturated heterocycles. The van der Waals surface area contributed by atoms with E-state index in [-0.39, 0.29) is 18.4 Å². The summed E-state index contributed by atoms with van der Waals surface area (Å²) < 4.78 is 8.46. The highest BCUT2D eigenvalue weighted by atomic mass is 79.9. The number of rotatable bonds is 17. The number of carbonyl (C=O) groups is 2. The Labute approximate surface area is 219 Å². The molecule has 2 rings (SSSR count). The maximum Gasteiger partial charge on any atom is 0.242 e. The Morgan fingerprint density at radius 3 is 2.34 bits per heavy atom. The standard InChI is InChI=1S/C28H42BrN3O3/c1-4-6-8-9-12-27(33)32(19-20-35-3)23-28(34)31(17-7-5-2)22-26-11-10-18-30(26)21-24-13-15-25(29)16-14-24/h10-11,13-16,18H,4-9,12,17,19-23H2,1-3H3. The molecule has 2 aromatic rings. The van der Waals surface area contributed by atoms with Crippen LogP contribution in [-0.4, -0.2) is 59.5 Å². The van der Waals surface area contributed by atoms with Crippen LogP contribution in [0.3, 0.4) is 0 Å². The van der Waals surface area contributed by atoms with E-state index in [4.69, 9.17) is 4.74 Å². The number of halogens is 1. The third-order valence-electron chi connectivity index (χ3n) is 6.17. The second-order valence-electron chi connectivity index (χ2n) is 9.04. The van der Waals surface area contributed by atoms with Gasteiger partial charge in [-0.25, -0.2) is 0 Å². The molecule has 2 amide bonds. The predicted octanol–water partition coefficient (Wildman–Crippen LogP) is 5.87. The fraction of sp³-hybridized carbons (Fsp3) is 0.571. The van der Waals surface area contributed by atoms with Crippen molar-refractivity contribution < 1.29 is 14.3 Å². The molecule has 0 aliphatic carbocycles. The van der Waals surface area contributed by atoms with E-state index in [0.29, 0.717) is 32.7 Å². The quantitative estimate of drug-likeness (QED) is 0.232. The highest BCUT2D eigenvalue weighted by molar-refractivity contribution is 9.10. The smallest absolute Gasteiger partial charge is 0.242 e. The second-order valence-corrected chi connectivity index (χ2v) is 9.96. The number of amides is 2. The summed E-state index contributed by atoms with van der Waals surface area (Å²) in [6.45, 7) is 7.23. The Kier molecular flexibility index (Phi) is 13.8. The number of carbonyl (C=O) groups excluding carboxylic acids is 2. The summed E-state index contributed by atoms with van der Waals surface area (Å²) in [7, 11) is 1.62. The van der Waals surface area contributed by atoms with Gasteiger partial charge < -0.3 is 19.1 Å². The van der Waals surface area contributed by atoms with Crippen LogP contribution in [0, 0.1) is 0 Å². The van der Waals surface area contributed by atoms with Crippen molar-refractivity contribution in [2.75, 3.05) is 33.4 Å². The molecule has 0 N–H and O–H groups in total. The van der Waals surface area contributed by atoms with E-state index in [1.165, 1.54) is 5.56 Å². The van der Waals surface area contributed by atoms with Gasteiger partial charge in [0, 0.05) is 49.5 Å². The van der Waals surface area contributed by atoms with Crippen molar-refractivity contribution in [3.63, 3.8) is 0 Å². The summed E-state index contributed by atoms with van der Waals surface area (Å²) in [5.74, 6) is 0.0356. The lowest BCUT2D eigenvalue weighted by Crippen LogP contribution is -2.44. The van der Waals surface area contributed by atoms with Crippen molar-refractivity contribution in [2.24, 2.45) is 0 Å². The molecule has 1 aromatic carbocycles. The van der Waals surface area contributed by atoms with Crippen molar-refractivity contribution in [2.45, 2.75) is 71.9 Å². The molecule has 35 heavy (non-hydrogen) atoms. The summed E-state index contributed by atoms with van der Waals surface area (Å²) >= 11 is 3.49. The van der Waals surface area contributed by atoms with Crippen molar-refractivity contribution >= 4 is 27.7 Å². The lowest BCUT2D eigenvalue weighted by atomic mass is 10.1. The first-order valence-corrected chi connectivity index (χ1v) is 13.7. The summed E-state index contributed by atoms with van der Waals surface area (Å²) in [5.41, 5.74) is 2.29. The summed E-state index contributed by atoms with van der Waals surface area (Å²) in [4.78, 5) is 29.9. The molecule has 0 aliphatic heterocycles. The number of nitrogens with zero attached hydrogens (tertiary/aromatic N) is 3. The molecule has 194 valence electrons. The van der Waals surface area contributed by atoms with Gasteiger partial charge in [-0.15, -0.1) is 0 Å². The normalized spacial score (nSPS) is 11.0. The Morgan fingerprint density at radius 2 is 1.66 bits per heavy atom. The summed E-state index contributed by atoms with van der Waals surface area (Å²) in [6.07, 6.45) is 8.67. The van der Waals surface area contributed by atoms with Gasteiger partial charge in [-0.3, -0.25) is 9.59 Å². The van der Waals surface area contributed by atoms with Gasteiger partial charge in [-0.1, -0.05) is 67.6 Å². The van der Waals surface area contributed by atoms with Crippen LogP contribution in [0.5, 0.6) is 0 Å². The van der Waals surface area contributed by atoms with Gasteiger partial charge in [0.1, 0.15) is 0 Å². The SMILES string of the molecule is CCCCCCC(=O)N(CCOC)CC(=O)N(CCCC)Cc1cccn1Cc1ccc(Br)cc1. The molecule has 6 nitrogen and oxygen atoms in total. The summed E-state index contributed by atoms with van der Waals surface area (Å²) in [6, 6.07) is 12.4. The molecular formula is C28H42BrN3O3. The zero-order valence-electron chi connectivity index (χ0n) is 21.7. The van der Waals surface area contributed by atoms with Gasteiger partial charge in [0.25, 0.3) is 0 Å². The van der Waals surface area contributed by atoms with Crippen LogP contribution in [0.1, 0.15) is 70.1 Å². The van der Waals surface area contributed by atoms with Gasteiger partial charge in [-0.2, -0.15) is 0 Å². The van der Waals surface area contributed by atoms with Crippen LogP contribution in [0.4, 0.5) is 0 Å². The van der Waals surface area contributed by atoms with E-state index in [1.54, 1.807) is 12.0 Å². The Hall–Kier alpha value is -2.12. The van der Waals surface area contributed by atoms with Crippen LogP contribution in [0.25, 0.3) is 0 Å². The van der Waals surface area contributed by atoms with Crippen LogP contribution >= 0.6 is 15.9 Å². The fourth-order valence-corrected chi connectivity index (χ4v) is 4.25. The zero-order valence-corrected chi connectivity index (χ0v) is 23.3. The van der Waals surface area contributed by atoms with Crippen molar-refractivity contribution in [3.05, 3.63) is 58.3 Å². The Morgan fingerprint density at radius 1 is 0.914 bits per heavy atom. The Bertz CT molecular complexity index is 882. The van der Waals surface area contributed by atoms with E-state index >= 15 is 0 Å². The van der Waals surface area contributed by atoms with Crippen molar-refractivity contribution in [1.29, 1.82) is 0 Å². The number of unbranched alkanes of at least 4 members (excludes halogenated alkanes) is 4. The number of hydrogen-bond donors (Lipinski definition) is 0. The molecule has 1 heterocycles. The maximum atomic E-state index is 13.4. The third-order valence-corrected chi connectivity index (χ3v) is 6.69. The first-order valence-electron chi connectivity index (χ1n) is 12.9. The third kappa shape index (κ3) is 10.6. The van der Waals surface area contributed by atoms with Crippen LogP contribution in [0.2, 0.25) is 0 Å². The average molecular weight is 549 g/mol. The molecule has 0 atom stereocenters. The number of ether oxygens (including phenoxy) is 1. The minimum absolute atomic E-state index is 0.00662. The molecule has 0 fully saturated rings. The van der Waals surface area contributed by atoms with Gasteiger partial charge in [-0.05, 0) is 42.7 Å². The second kappa shape index (κ2) is 16.5. The zero-order chi connectivity index (χ0) is 25.5. The maximum absolute atomic E-state index is 13.4. The fourth-order valence-electron chi connectivity index (χ4n) is 3.99. The number of hydrogen-bond acceptors (Lipinski definition) is 3. The van der Waals surface area contributed by atoms with Crippen LogP contribution < -0.4 is 0 Å². The van der Waals surface area contributed by atoms with Crippen LogP contribution in [0.15, 0.2) is 47.1 Å². The summed E-state index contributed by atoms with van der Waals surface area (Å²) in [5, 5.41) is 0. The molecule has 0 aliphatic rings. The Balaban J connectivity index is 2.07. The molecular weight excluding hydrogens is 506 g/mol. The predicted molar refractivity (Wildman–Crippen MR) is 145 cm³/mol. The van der Waals surface area contributed by atoms with E-state index in [0.717, 1.165) is 55.2 Å². The first kappa shape index (κ1) is 29.1. The molecule has 0 saturated carbocycles. The van der Waals surface area contributed by atoms with Crippen LogP contribution in [-0.2, 0) is 27.4 Å². The number of methoxy groups -OCH3 is 1. The molecule has 7 heteroatoms.